The van der Waals surface area contributed by atoms with Crippen LogP contribution in [-0.2, 0) is 0 Å². The van der Waals surface area contributed by atoms with Gasteiger partial charge in [-0.1, -0.05) is 0 Å². The molecule has 2 aliphatic rings. The number of alkyl halides is 1. The highest BCUT2D eigenvalue weighted by atomic mass is 19.1. The second-order valence-corrected chi connectivity index (χ2v) is 6.18. The quantitative estimate of drug-likeness (QED) is 0.918. The van der Waals surface area contributed by atoms with Gasteiger partial charge in [0.2, 0.25) is 0 Å². The van der Waals surface area contributed by atoms with Gasteiger partial charge in [-0.3, -0.25) is 14.3 Å². The summed E-state index contributed by atoms with van der Waals surface area (Å²) >= 11 is 0. The van der Waals surface area contributed by atoms with Crippen LogP contribution in [0.2, 0.25) is 0 Å². The number of carbonyl (C=O) groups excluding carboxylic acids is 1. The number of hydrogen-bond acceptors (Lipinski definition) is 5. The molecule has 1 aliphatic carbocycles. The van der Waals surface area contributed by atoms with Crippen LogP contribution in [0, 0.1) is 5.92 Å². The van der Waals surface area contributed by atoms with Crippen molar-refractivity contribution < 1.29 is 9.18 Å². The molecule has 8 heteroatoms. The van der Waals surface area contributed by atoms with Gasteiger partial charge in [-0.05, 0) is 18.9 Å². The summed E-state index contributed by atoms with van der Waals surface area (Å²) in [5.74, 6) is 1.34. The van der Waals surface area contributed by atoms with Crippen LogP contribution in [0.3, 0.4) is 0 Å². The molecule has 7 nitrogen and oxygen atoms in total. The Labute approximate surface area is 132 Å². The van der Waals surface area contributed by atoms with Crippen molar-refractivity contribution in [1.29, 1.82) is 0 Å². The Hall–Kier alpha value is -2.38. The molecule has 2 aromatic rings. The largest absolute Gasteiger partial charge is 0.336 e. The van der Waals surface area contributed by atoms with Crippen LogP contribution in [0.25, 0.3) is 0 Å². The number of halogens is 1. The van der Waals surface area contributed by atoms with Gasteiger partial charge < -0.3 is 4.90 Å². The van der Waals surface area contributed by atoms with E-state index in [4.69, 9.17) is 0 Å². The molecule has 23 heavy (non-hydrogen) atoms. The lowest BCUT2D eigenvalue weighted by Gasteiger charge is -2.15. The lowest BCUT2D eigenvalue weighted by molar-refractivity contribution is 0.0778. The van der Waals surface area contributed by atoms with Crippen LogP contribution in [0.1, 0.15) is 46.8 Å². The van der Waals surface area contributed by atoms with E-state index in [2.05, 4.69) is 25.1 Å². The normalized spacial score (nSPS) is 24.1. The predicted octanol–water partition coefficient (Wildman–Crippen LogP) is 1.30. The monoisotopic (exact) mass is 316 g/mol. The summed E-state index contributed by atoms with van der Waals surface area (Å²) in [6.45, 7) is 0.303. The minimum absolute atomic E-state index is 0.147. The predicted molar refractivity (Wildman–Crippen MR) is 78.5 cm³/mol. The fourth-order valence-electron chi connectivity index (χ4n) is 3.06. The SMILES string of the molecule is O=C(c1ccncn1)N1C[C@@H](CF)[C@H](c2nc(C3CC3)n[nH]2)C1. The third-order valence-corrected chi connectivity index (χ3v) is 4.54. The molecule has 2 fully saturated rings. The van der Waals surface area contributed by atoms with E-state index in [1.807, 2.05) is 0 Å². The summed E-state index contributed by atoms with van der Waals surface area (Å²) < 4.78 is 13.4. The summed E-state index contributed by atoms with van der Waals surface area (Å²) in [5, 5.41) is 7.18. The summed E-state index contributed by atoms with van der Waals surface area (Å²) in [7, 11) is 0. The van der Waals surface area contributed by atoms with Gasteiger partial charge in [0, 0.05) is 37.0 Å². The summed E-state index contributed by atoms with van der Waals surface area (Å²) in [6.07, 6.45) is 5.10. The fraction of sp³-hybridized carbons (Fsp3) is 0.533. The first-order valence-corrected chi connectivity index (χ1v) is 7.79. The first-order valence-electron chi connectivity index (χ1n) is 7.79. The van der Waals surface area contributed by atoms with E-state index in [0.29, 0.717) is 30.5 Å². The van der Waals surface area contributed by atoms with Gasteiger partial charge in [0.15, 0.2) is 5.82 Å². The Morgan fingerprint density at radius 3 is 2.96 bits per heavy atom. The van der Waals surface area contributed by atoms with E-state index in [1.165, 1.54) is 12.5 Å². The number of aromatic amines is 1. The first kappa shape index (κ1) is 14.2. The molecule has 0 radical (unpaired) electrons. The van der Waals surface area contributed by atoms with Gasteiger partial charge >= 0.3 is 0 Å². The van der Waals surface area contributed by atoms with Crippen LogP contribution < -0.4 is 0 Å². The van der Waals surface area contributed by atoms with Gasteiger partial charge in [0.25, 0.3) is 5.91 Å². The number of hydrogen-bond donors (Lipinski definition) is 1. The van der Waals surface area contributed by atoms with E-state index in [-0.39, 0.29) is 17.7 Å². The lowest BCUT2D eigenvalue weighted by Crippen LogP contribution is -2.29. The van der Waals surface area contributed by atoms with Crippen LogP contribution in [0.5, 0.6) is 0 Å². The van der Waals surface area contributed by atoms with Gasteiger partial charge in [-0.15, -0.1) is 0 Å². The highest BCUT2D eigenvalue weighted by Crippen LogP contribution is 2.39. The number of nitrogens with zero attached hydrogens (tertiary/aromatic N) is 5. The van der Waals surface area contributed by atoms with Crippen LogP contribution in [0.4, 0.5) is 4.39 Å². The standard InChI is InChI=1S/C15H17FN6O/c16-5-10-6-22(15(23)12-3-4-17-8-18-12)7-11(10)14-19-13(20-21-14)9-1-2-9/h3-4,8-11H,1-2,5-7H2,(H,19,20,21)/t10-,11-/m1/s1. The van der Waals surface area contributed by atoms with Gasteiger partial charge in [0.1, 0.15) is 17.8 Å². The fourth-order valence-corrected chi connectivity index (χ4v) is 3.06. The lowest BCUT2D eigenvalue weighted by atomic mass is 9.97. The third kappa shape index (κ3) is 2.69. The van der Waals surface area contributed by atoms with Crippen LogP contribution in [0.15, 0.2) is 18.6 Å². The summed E-state index contributed by atoms with van der Waals surface area (Å²) in [5.41, 5.74) is 0.328. The zero-order valence-corrected chi connectivity index (χ0v) is 12.5. The molecule has 1 amide bonds. The Kier molecular flexibility index (Phi) is 3.51. The van der Waals surface area contributed by atoms with Crippen molar-refractivity contribution in [2.24, 2.45) is 5.92 Å². The second-order valence-electron chi connectivity index (χ2n) is 6.18. The Bertz CT molecular complexity index is 701. The molecule has 0 unspecified atom stereocenters. The maximum Gasteiger partial charge on any atom is 0.272 e. The molecule has 0 aromatic carbocycles. The molecule has 0 spiro atoms. The first-order chi connectivity index (χ1) is 11.3. The molecule has 120 valence electrons. The van der Waals surface area contributed by atoms with Crippen LogP contribution >= 0.6 is 0 Å². The van der Waals surface area contributed by atoms with Gasteiger partial charge in [0.05, 0.1) is 6.67 Å². The number of aromatic nitrogens is 5. The molecule has 3 heterocycles. The number of nitrogens with one attached hydrogen (secondary N) is 1. The molecule has 2 atom stereocenters. The molecular weight excluding hydrogens is 299 g/mol. The smallest absolute Gasteiger partial charge is 0.272 e. The average molecular weight is 316 g/mol. The Balaban J connectivity index is 1.53. The zero-order chi connectivity index (χ0) is 15.8. The third-order valence-electron chi connectivity index (χ3n) is 4.54. The van der Waals surface area contributed by atoms with Gasteiger partial charge in [-0.2, -0.15) is 5.10 Å². The minimum atomic E-state index is -0.488. The molecule has 0 bridgehead atoms. The van der Waals surface area contributed by atoms with E-state index in [1.54, 1.807) is 11.0 Å². The molecular formula is C15H17FN6O. The summed E-state index contributed by atoms with van der Waals surface area (Å²) in [6, 6.07) is 1.57. The van der Waals surface area contributed by atoms with E-state index < -0.39 is 6.67 Å². The maximum atomic E-state index is 13.4. The highest BCUT2D eigenvalue weighted by molar-refractivity contribution is 5.92. The number of H-pyrrole nitrogens is 1. The molecule has 1 saturated carbocycles. The Morgan fingerprint density at radius 1 is 1.39 bits per heavy atom. The number of likely N-dealkylation sites (tertiary alicyclic amines) is 1. The van der Waals surface area contributed by atoms with Crippen molar-refractivity contribution in [3.05, 3.63) is 35.9 Å². The molecule has 1 saturated heterocycles. The molecule has 2 aromatic heterocycles. The van der Waals surface area contributed by atoms with Crippen molar-refractivity contribution in [2.75, 3.05) is 19.8 Å². The minimum Gasteiger partial charge on any atom is -0.336 e. The van der Waals surface area contributed by atoms with Crippen molar-refractivity contribution in [2.45, 2.75) is 24.7 Å². The van der Waals surface area contributed by atoms with Crippen molar-refractivity contribution in [3.63, 3.8) is 0 Å². The highest BCUT2D eigenvalue weighted by Gasteiger charge is 2.39. The second kappa shape index (κ2) is 5.68. The number of amides is 1. The zero-order valence-electron chi connectivity index (χ0n) is 12.5. The van der Waals surface area contributed by atoms with Crippen molar-refractivity contribution in [3.8, 4) is 0 Å². The topological polar surface area (TPSA) is 87.7 Å². The van der Waals surface area contributed by atoms with Crippen LogP contribution in [-0.4, -0.2) is 55.7 Å². The average Bonchev–Trinajstić information content (AvgIpc) is 3.17. The van der Waals surface area contributed by atoms with E-state index >= 15 is 0 Å². The number of rotatable bonds is 4. The van der Waals surface area contributed by atoms with Crippen molar-refractivity contribution >= 4 is 5.91 Å². The number of carbonyl (C=O) groups is 1. The van der Waals surface area contributed by atoms with E-state index in [9.17, 15) is 9.18 Å². The maximum absolute atomic E-state index is 13.4. The Morgan fingerprint density at radius 2 is 2.26 bits per heavy atom. The molecule has 4 rings (SSSR count). The van der Waals surface area contributed by atoms with Gasteiger partial charge in [-0.25, -0.2) is 15.0 Å². The molecule has 1 N–H and O–H groups in total. The molecule has 1 aliphatic heterocycles. The summed E-state index contributed by atoms with van der Waals surface area (Å²) in [4.78, 5) is 26.4. The van der Waals surface area contributed by atoms with E-state index in [0.717, 1.165) is 18.7 Å². The van der Waals surface area contributed by atoms with Crippen molar-refractivity contribution in [1.82, 2.24) is 30.0 Å².